The first kappa shape index (κ1) is 32.9. The fourth-order valence-corrected chi connectivity index (χ4v) is 4.19. The molecule has 3 aromatic carbocycles. The molecule has 0 radical (unpaired) electrons. The van der Waals surface area contributed by atoms with Crippen molar-refractivity contribution in [2.75, 3.05) is 20.3 Å². The van der Waals surface area contributed by atoms with Crippen LogP contribution in [0.5, 0.6) is 23.0 Å². The number of unbranched alkanes of at least 4 members (excludes halogenated alkanes) is 7. The van der Waals surface area contributed by atoms with E-state index in [-0.39, 0.29) is 5.97 Å². The molecule has 3 rings (SSSR count). The molecular formula is C35H40O8. The highest BCUT2D eigenvalue weighted by Gasteiger charge is 2.15. The number of carbonyl (C=O) groups excluding carboxylic acids is 3. The third kappa shape index (κ3) is 11.7. The van der Waals surface area contributed by atoms with Crippen molar-refractivity contribution in [3.8, 4) is 23.0 Å². The van der Waals surface area contributed by atoms with Crippen LogP contribution in [0.3, 0.4) is 0 Å². The van der Waals surface area contributed by atoms with Crippen LogP contribution in [0, 0.1) is 6.92 Å². The number of ether oxygens (including phenoxy) is 5. The van der Waals surface area contributed by atoms with E-state index in [9.17, 15) is 14.4 Å². The number of hydrogen-bond acceptors (Lipinski definition) is 8. The Morgan fingerprint density at radius 2 is 1.16 bits per heavy atom. The molecule has 0 aromatic heterocycles. The Balaban J connectivity index is 1.36. The average Bonchev–Trinajstić information content (AvgIpc) is 3.02. The second kappa shape index (κ2) is 18.1. The maximum absolute atomic E-state index is 12.7. The summed E-state index contributed by atoms with van der Waals surface area (Å²) in [6.07, 6.45) is 9.67. The van der Waals surface area contributed by atoms with E-state index in [4.69, 9.17) is 23.7 Å². The number of methoxy groups -OCH3 is 1. The van der Waals surface area contributed by atoms with Crippen molar-refractivity contribution >= 4 is 17.9 Å². The smallest absolute Gasteiger partial charge is 0.343 e. The minimum absolute atomic E-state index is 0.296. The van der Waals surface area contributed by atoms with Gasteiger partial charge >= 0.3 is 17.9 Å². The van der Waals surface area contributed by atoms with Crippen LogP contribution in [0.15, 0.2) is 79.4 Å². The van der Waals surface area contributed by atoms with Gasteiger partial charge in [-0.1, -0.05) is 62.8 Å². The van der Waals surface area contributed by atoms with Crippen LogP contribution in [-0.2, 0) is 9.53 Å². The summed E-state index contributed by atoms with van der Waals surface area (Å²) in [5.41, 5.74) is 1.72. The van der Waals surface area contributed by atoms with E-state index in [0.29, 0.717) is 47.3 Å². The van der Waals surface area contributed by atoms with E-state index in [1.54, 1.807) is 54.6 Å². The molecule has 0 fully saturated rings. The van der Waals surface area contributed by atoms with Crippen molar-refractivity contribution in [2.45, 2.75) is 58.3 Å². The predicted octanol–water partition coefficient (Wildman–Crippen LogP) is 7.67. The lowest BCUT2D eigenvalue weighted by Gasteiger charge is -2.12. The van der Waals surface area contributed by atoms with Gasteiger partial charge in [-0.3, -0.25) is 0 Å². The number of aryl methyl sites for hydroxylation is 1. The molecule has 0 aliphatic rings. The van der Waals surface area contributed by atoms with Gasteiger partial charge in [0.15, 0.2) is 11.5 Å². The summed E-state index contributed by atoms with van der Waals surface area (Å²) in [5, 5.41) is 0. The van der Waals surface area contributed by atoms with Crippen molar-refractivity contribution < 1.29 is 38.1 Å². The van der Waals surface area contributed by atoms with Gasteiger partial charge in [-0.15, -0.1) is 0 Å². The number of esters is 3. The summed E-state index contributed by atoms with van der Waals surface area (Å²) in [4.78, 5) is 36.1. The van der Waals surface area contributed by atoms with Gasteiger partial charge in [-0.2, -0.15) is 0 Å². The molecule has 0 saturated carbocycles. The summed E-state index contributed by atoms with van der Waals surface area (Å²) in [5.74, 6) is 0.340. The van der Waals surface area contributed by atoms with Gasteiger partial charge in [0.05, 0.1) is 31.5 Å². The molecule has 228 valence electrons. The molecule has 43 heavy (non-hydrogen) atoms. The SMILES string of the molecule is C=CC(=O)OCCCCCCCCCCOc1ccc(C(=O)Oc2ccc(C(=O)Oc3ccc(C)cc3)cc2)cc1OC. The van der Waals surface area contributed by atoms with Gasteiger partial charge in [0.25, 0.3) is 0 Å². The normalized spacial score (nSPS) is 10.5. The van der Waals surface area contributed by atoms with E-state index >= 15 is 0 Å². The molecule has 0 saturated heterocycles. The summed E-state index contributed by atoms with van der Waals surface area (Å²) < 4.78 is 27.2. The highest BCUT2D eigenvalue weighted by atomic mass is 16.5. The van der Waals surface area contributed by atoms with E-state index in [1.165, 1.54) is 13.2 Å². The minimum atomic E-state index is -0.558. The lowest BCUT2D eigenvalue weighted by Crippen LogP contribution is -2.10. The first-order chi connectivity index (χ1) is 20.9. The van der Waals surface area contributed by atoms with E-state index in [2.05, 4.69) is 6.58 Å². The van der Waals surface area contributed by atoms with Gasteiger partial charge in [0, 0.05) is 6.08 Å². The highest BCUT2D eigenvalue weighted by molar-refractivity contribution is 5.93. The topological polar surface area (TPSA) is 97.4 Å². The van der Waals surface area contributed by atoms with Crippen molar-refractivity contribution in [3.63, 3.8) is 0 Å². The second-order valence-electron chi connectivity index (χ2n) is 10.0. The largest absolute Gasteiger partial charge is 0.493 e. The fraction of sp³-hybridized carbons (Fsp3) is 0.343. The van der Waals surface area contributed by atoms with Crippen molar-refractivity contribution in [1.29, 1.82) is 0 Å². The zero-order valence-corrected chi connectivity index (χ0v) is 25.0. The Hall–Kier alpha value is -4.59. The number of hydrogen-bond donors (Lipinski definition) is 0. The standard InChI is InChI=1S/C35H40O8/c1-4-33(36)41-24-12-10-8-6-5-7-9-11-23-40-31-22-17-28(25-32(31)39-3)35(38)43-30-20-15-27(16-21-30)34(37)42-29-18-13-26(2)14-19-29/h4,13-22,25H,1,5-12,23-24H2,2-3H3. The maximum atomic E-state index is 12.7. The molecule has 0 spiro atoms. The molecular weight excluding hydrogens is 548 g/mol. The monoisotopic (exact) mass is 588 g/mol. The van der Waals surface area contributed by atoms with Crippen LogP contribution < -0.4 is 18.9 Å². The molecule has 8 heteroatoms. The van der Waals surface area contributed by atoms with Crippen LogP contribution in [-0.4, -0.2) is 38.2 Å². The van der Waals surface area contributed by atoms with E-state index in [1.807, 2.05) is 19.1 Å². The lowest BCUT2D eigenvalue weighted by molar-refractivity contribution is -0.137. The molecule has 0 heterocycles. The zero-order chi connectivity index (χ0) is 30.9. The first-order valence-electron chi connectivity index (χ1n) is 14.6. The van der Waals surface area contributed by atoms with Gasteiger partial charge in [0.2, 0.25) is 0 Å². The number of carbonyl (C=O) groups is 3. The van der Waals surface area contributed by atoms with Crippen LogP contribution in [0.2, 0.25) is 0 Å². The Kier molecular flexibility index (Phi) is 13.8. The molecule has 0 N–H and O–H groups in total. The number of benzene rings is 3. The van der Waals surface area contributed by atoms with Gasteiger partial charge in [-0.25, -0.2) is 14.4 Å². The third-order valence-electron chi connectivity index (χ3n) is 6.64. The molecule has 0 amide bonds. The molecule has 3 aromatic rings. The van der Waals surface area contributed by atoms with Crippen LogP contribution in [0.25, 0.3) is 0 Å². The van der Waals surface area contributed by atoms with Crippen LogP contribution in [0.4, 0.5) is 0 Å². The summed E-state index contributed by atoms with van der Waals surface area (Å²) in [6, 6.07) is 18.3. The molecule has 0 aliphatic heterocycles. The van der Waals surface area contributed by atoms with Crippen LogP contribution in [0.1, 0.15) is 77.6 Å². The minimum Gasteiger partial charge on any atom is -0.493 e. The third-order valence-corrected chi connectivity index (χ3v) is 6.64. The van der Waals surface area contributed by atoms with E-state index < -0.39 is 11.9 Å². The molecule has 0 bridgehead atoms. The molecule has 0 aliphatic carbocycles. The molecule has 0 unspecified atom stereocenters. The highest BCUT2D eigenvalue weighted by Crippen LogP contribution is 2.29. The summed E-state index contributed by atoms with van der Waals surface area (Å²) in [7, 11) is 1.52. The summed E-state index contributed by atoms with van der Waals surface area (Å²) in [6.45, 7) is 6.34. The zero-order valence-electron chi connectivity index (χ0n) is 25.0. The van der Waals surface area contributed by atoms with Gasteiger partial charge in [-0.05, 0) is 74.4 Å². The first-order valence-corrected chi connectivity index (χ1v) is 14.6. The maximum Gasteiger partial charge on any atom is 0.343 e. The number of rotatable bonds is 18. The molecule has 0 atom stereocenters. The van der Waals surface area contributed by atoms with Gasteiger partial charge in [0.1, 0.15) is 11.5 Å². The fourth-order valence-electron chi connectivity index (χ4n) is 4.19. The predicted molar refractivity (Wildman–Crippen MR) is 164 cm³/mol. The molecule has 8 nitrogen and oxygen atoms in total. The van der Waals surface area contributed by atoms with Crippen LogP contribution >= 0.6 is 0 Å². The Morgan fingerprint density at radius 1 is 0.651 bits per heavy atom. The Labute approximate surface area is 253 Å². The lowest BCUT2D eigenvalue weighted by atomic mass is 10.1. The van der Waals surface area contributed by atoms with Crippen molar-refractivity contribution in [1.82, 2.24) is 0 Å². The van der Waals surface area contributed by atoms with Gasteiger partial charge < -0.3 is 23.7 Å². The second-order valence-corrected chi connectivity index (χ2v) is 10.0. The van der Waals surface area contributed by atoms with E-state index in [0.717, 1.165) is 56.9 Å². The summed E-state index contributed by atoms with van der Waals surface area (Å²) >= 11 is 0. The Bertz CT molecular complexity index is 1330. The van der Waals surface area contributed by atoms with Crippen molar-refractivity contribution in [3.05, 3.63) is 96.1 Å². The van der Waals surface area contributed by atoms with Crippen molar-refractivity contribution in [2.24, 2.45) is 0 Å². The Morgan fingerprint density at radius 3 is 1.74 bits per heavy atom. The average molecular weight is 589 g/mol. The quantitative estimate of drug-likeness (QED) is 0.0646.